The summed E-state index contributed by atoms with van der Waals surface area (Å²) in [5.74, 6) is 0. The standard InChI is InChI=1S/C20H20BBrNP/c1-23(2)19-15-9-10-16-20(19)24(21(23)22,17-11-5-3-6-12-17)18-13-7-4-8-14-18/h3-16H,1-2H3/q+1. The Labute approximate surface area is 153 Å². The van der Waals surface area contributed by atoms with Crippen molar-refractivity contribution < 1.29 is 0 Å². The van der Waals surface area contributed by atoms with Gasteiger partial charge in [-0.25, -0.2) is 15.8 Å². The fraction of sp³-hybridized carbons (Fsp3) is 0.100. The highest BCUT2D eigenvalue weighted by atomic mass is 79.9. The van der Waals surface area contributed by atoms with Crippen molar-refractivity contribution in [2.45, 2.75) is 0 Å². The molecule has 1 aliphatic heterocycles. The van der Waals surface area contributed by atoms with Crippen LogP contribution in [0.15, 0.2) is 84.9 Å². The molecule has 1 nitrogen and oxygen atoms in total. The van der Waals surface area contributed by atoms with Gasteiger partial charge >= 0.3 is 5.39 Å². The molecule has 3 aromatic rings. The number of nitrogens with zero attached hydrogens (tertiary/aromatic N) is 1. The molecule has 1 heterocycles. The van der Waals surface area contributed by atoms with Crippen LogP contribution in [0.25, 0.3) is 0 Å². The highest BCUT2D eigenvalue weighted by Gasteiger charge is 2.61. The average molecular weight is 396 g/mol. The molecule has 1 radical (unpaired) electrons. The average Bonchev–Trinajstić information content (AvgIpc) is 2.82. The Hall–Kier alpha value is -1.41. The van der Waals surface area contributed by atoms with Crippen LogP contribution in [-0.2, 0) is 0 Å². The third-order valence-corrected chi connectivity index (χ3v) is 12.5. The lowest BCUT2D eigenvalue weighted by Gasteiger charge is -2.39. The summed E-state index contributed by atoms with van der Waals surface area (Å²) in [4.78, 5) is 0. The minimum atomic E-state index is -1.77. The van der Waals surface area contributed by atoms with Crippen molar-refractivity contribution in [1.82, 2.24) is 4.39 Å². The summed E-state index contributed by atoms with van der Waals surface area (Å²) in [5.41, 5.74) is 1.42. The van der Waals surface area contributed by atoms with Gasteiger partial charge in [-0.2, -0.15) is 0 Å². The first-order valence-corrected chi connectivity index (χ1v) is 10.9. The Morgan fingerprint density at radius 2 is 1.17 bits per heavy atom. The summed E-state index contributed by atoms with van der Waals surface area (Å²) in [6.07, 6.45) is 0. The lowest BCUT2D eigenvalue weighted by Crippen LogP contribution is -2.50. The third-order valence-electron chi connectivity index (χ3n) is 5.06. The molecular formula is C20H20BBrNP+. The van der Waals surface area contributed by atoms with Gasteiger partial charge in [0.15, 0.2) is 0 Å². The van der Waals surface area contributed by atoms with E-state index in [1.54, 1.807) is 0 Å². The predicted octanol–water partition coefficient (Wildman–Crippen LogP) is 3.94. The second-order valence-corrected chi connectivity index (χ2v) is 11.8. The van der Waals surface area contributed by atoms with Gasteiger partial charge in [-0.1, -0.05) is 48.5 Å². The van der Waals surface area contributed by atoms with E-state index in [-0.39, 0.29) is 0 Å². The van der Waals surface area contributed by atoms with Gasteiger partial charge in [0.25, 0.3) is 0 Å². The molecule has 4 rings (SSSR count). The number of fused-ring (bicyclic) bond motifs is 1. The van der Waals surface area contributed by atoms with Gasteiger partial charge in [0.2, 0.25) is 0 Å². The first-order valence-electron chi connectivity index (χ1n) is 8.17. The zero-order valence-electron chi connectivity index (χ0n) is 13.9. The number of rotatable bonds is 2. The van der Waals surface area contributed by atoms with Crippen LogP contribution in [-0.4, -0.2) is 19.5 Å². The molecule has 0 N–H and O–H groups in total. The fourth-order valence-electron chi connectivity index (χ4n) is 3.91. The molecule has 0 spiro atoms. The van der Waals surface area contributed by atoms with Crippen LogP contribution in [0.4, 0.5) is 5.69 Å². The maximum atomic E-state index is 4.16. The summed E-state index contributed by atoms with van der Waals surface area (Å²) >= 11 is 4.16. The number of para-hydroxylation sites is 1. The minimum Gasteiger partial charge on any atom is -0.456 e. The van der Waals surface area contributed by atoms with Gasteiger partial charge in [0.05, 0.1) is 10.6 Å². The van der Waals surface area contributed by atoms with Crippen LogP contribution < -0.4 is 20.3 Å². The van der Waals surface area contributed by atoms with Crippen molar-refractivity contribution in [3.63, 3.8) is 0 Å². The smallest absolute Gasteiger partial charge is 0.425 e. The van der Waals surface area contributed by atoms with Gasteiger partial charge < -0.3 is 4.39 Å². The Balaban J connectivity index is 2.13. The maximum Gasteiger partial charge on any atom is 0.425 e. The fourth-order valence-corrected chi connectivity index (χ4v) is 11.1. The molecule has 4 heteroatoms. The van der Waals surface area contributed by atoms with E-state index in [0.29, 0.717) is 5.39 Å². The van der Waals surface area contributed by atoms with E-state index in [1.165, 1.54) is 21.6 Å². The summed E-state index contributed by atoms with van der Waals surface area (Å²) in [6.45, 7) is 0. The molecule has 0 saturated carbocycles. The lowest BCUT2D eigenvalue weighted by molar-refractivity contribution is 0.644. The minimum absolute atomic E-state index is 0.326. The zero-order valence-corrected chi connectivity index (χ0v) is 16.4. The quantitative estimate of drug-likeness (QED) is 0.455. The maximum absolute atomic E-state index is 4.16. The van der Waals surface area contributed by atoms with Gasteiger partial charge in [-0.15, -0.1) is 0 Å². The van der Waals surface area contributed by atoms with E-state index in [2.05, 4.69) is 115 Å². The van der Waals surface area contributed by atoms with E-state index in [1.807, 2.05) is 0 Å². The molecule has 0 aliphatic carbocycles. The molecule has 0 amide bonds. The first-order chi connectivity index (χ1) is 11.6. The van der Waals surface area contributed by atoms with Crippen molar-refractivity contribution in [2.75, 3.05) is 14.1 Å². The number of hydrogen-bond acceptors (Lipinski definition) is 0. The molecule has 3 aromatic carbocycles. The van der Waals surface area contributed by atoms with Gasteiger partial charge in [0, 0.05) is 21.2 Å². The van der Waals surface area contributed by atoms with Gasteiger partial charge in [-0.3, -0.25) is 0 Å². The Morgan fingerprint density at radius 3 is 1.71 bits per heavy atom. The van der Waals surface area contributed by atoms with Gasteiger partial charge in [-0.05, 0) is 36.4 Å². The largest absolute Gasteiger partial charge is 0.456 e. The van der Waals surface area contributed by atoms with Gasteiger partial charge in [0.1, 0.15) is 11.0 Å². The van der Waals surface area contributed by atoms with Crippen LogP contribution in [0.3, 0.4) is 0 Å². The lowest BCUT2D eigenvalue weighted by atomic mass is 10.1. The summed E-state index contributed by atoms with van der Waals surface area (Å²) in [6, 6.07) is 31.1. The second-order valence-electron chi connectivity index (χ2n) is 6.73. The topological polar surface area (TPSA) is 0 Å². The van der Waals surface area contributed by atoms with Crippen molar-refractivity contribution in [3.05, 3.63) is 84.9 Å². The van der Waals surface area contributed by atoms with Crippen LogP contribution >= 0.6 is 22.9 Å². The SMILES string of the molecule is C[N+]1(C)[B-](Br)[P+](c2ccccc2)(c2ccccc2)c2ccccc21. The summed E-state index contributed by atoms with van der Waals surface area (Å²) < 4.78 is 0.855. The highest BCUT2D eigenvalue weighted by Crippen LogP contribution is 2.67. The number of halogens is 1. The molecule has 1 aliphatic rings. The Bertz CT molecular complexity index is 828. The molecule has 24 heavy (non-hydrogen) atoms. The van der Waals surface area contributed by atoms with Crippen LogP contribution in [0, 0.1) is 0 Å². The normalized spacial score (nSPS) is 18.3. The van der Waals surface area contributed by atoms with E-state index in [0.717, 1.165) is 4.39 Å². The Morgan fingerprint density at radius 1 is 0.708 bits per heavy atom. The monoisotopic (exact) mass is 395 g/mol. The highest BCUT2D eigenvalue weighted by molar-refractivity contribution is 9.28. The molecule has 0 aromatic heterocycles. The van der Waals surface area contributed by atoms with Crippen molar-refractivity contribution >= 4 is 49.9 Å². The molecule has 0 atom stereocenters. The zero-order chi connectivity index (χ0) is 16.8. The van der Waals surface area contributed by atoms with E-state index in [9.17, 15) is 0 Å². The van der Waals surface area contributed by atoms with E-state index in [4.69, 9.17) is 0 Å². The Kier molecular flexibility index (Phi) is 3.92. The molecule has 0 saturated heterocycles. The van der Waals surface area contributed by atoms with Crippen molar-refractivity contribution in [3.8, 4) is 0 Å². The number of benzene rings is 3. The van der Waals surface area contributed by atoms with E-state index < -0.39 is 7.14 Å². The molecule has 0 bridgehead atoms. The van der Waals surface area contributed by atoms with E-state index >= 15 is 0 Å². The first kappa shape index (κ1) is 16.1. The third kappa shape index (κ3) is 2.08. The van der Waals surface area contributed by atoms with Crippen molar-refractivity contribution in [2.24, 2.45) is 0 Å². The molecule has 0 fully saturated rings. The number of hydrogen-bond donors (Lipinski definition) is 0. The summed E-state index contributed by atoms with van der Waals surface area (Å²) in [7, 11) is 2.86. The summed E-state index contributed by atoms with van der Waals surface area (Å²) in [5, 5.41) is 4.70. The van der Waals surface area contributed by atoms with Crippen LogP contribution in [0.1, 0.15) is 0 Å². The molecule has 119 valence electrons. The molecular weight excluding hydrogens is 376 g/mol. The molecule has 0 unspecified atom stereocenters. The predicted molar refractivity (Wildman–Crippen MR) is 113 cm³/mol. The number of quaternary nitrogens is 1. The van der Waals surface area contributed by atoms with Crippen LogP contribution in [0.2, 0.25) is 0 Å². The second kappa shape index (κ2) is 5.84. The van der Waals surface area contributed by atoms with Crippen molar-refractivity contribution in [1.29, 1.82) is 0 Å². The van der Waals surface area contributed by atoms with Crippen LogP contribution in [0.5, 0.6) is 0 Å².